The first-order chi connectivity index (χ1) is 12.2. The van der Waals surface area contributed by atoms with Gasteiger partial charge in [0.15, 0.2) is 0 Å². The Kier molecular flexibility index (Phi) is 5.47. The van der Waals surface area contributed by atoms with E-state index in [1.54, 1.807) is 0 Å². The van der Waals surface area contributed by atoms with Crippen LogP contribution in [-0.4, -0.2) is 6.21 Å². The highest BCUT2D eigenvalue weighted by Crippen LogP contribution is 2.21. The average molecular weight is 327 g/mol. The molecular weight excluding hydrogens is 306 g/mol. The second kappa shape index (κ2) is 8.15. The minimum atomic E-state index is 0.545. The molecule has 0 atom stereocenters. The molecule has 3 heteroatoms. The van der Waals surface area contributed by atoms with Crippen molar-refractivity contribution in [1.82, 2.24) is 0 Å². The monoisotopic (exact) mass is 327 g/mol. The van der Waals surface area contributed by atoms with Gasteiger partial charge in [0.25, 0.3) is 0 Å². The van der Waals surface area contributed by atoms with Crippen molar-refractivity contribution in [3.8, 4) is 0 Å². The molecule has 0 spiro atoms. The number of rotatable bonds is 5. The predicted octanol–water partition coefficient (Wildman–Crippen LogP) is 6.98. The molecule has 0 unspecified atom stereocenters. The van der Waals surface area contributed by atoms with Crippen LogP contribution in [0.1, 0.15) is 30.9 Å². The average Bonchev–Trinajstić information content (AvgIpc) is 2.67. The normalized spacial score (nSPS) is 11.6. The molecule has 0 radical (unpaired) electrons. The SMILES string of the molecule is CC(C)c1ccc(C=Nc2ccc(N=Nc3ccccc3)cc2)cc1. The molecule has 0 bridgehead atoms. The van der Waals surface area contributed by atoms with Crippen molar-refractivity contribution in [3.63, 3.8) is 0 Å². The molecule has 0 aliphatic heterocycles. The zero-order valence-electron chi connectivity index (χ0n) is 14.5. The number of azo groups is 1. The zero-order chi connectivity index (χ0) is 17.5. The summed E-state index contributed by atoms with van der Waals surface area (Å²) in [5.74, 6) is 0.545. The maximum Gasteiger partial charge on any atom is 0.0858 e. The van der Waals surface area contributed by atoms with E-state index >= 15 is 0 Å². The summed E-state index contributed by atoms with van der Waals surface area (Å²) in [5.41, 5.74) is 4.98. The topological polar surface area (TPSA) is 37.1 Å². The van der Waals surface area contributed by atoms with Gasteiger partial charge in [-0.2, -0.15) is 10.2 Å². The largest absolute Gasteiger partial charge is 0.256 e. The van der Waals surface area contributed by atoms with Crippen molar-refractivity contribution in [2.75, 3.05) is 0 Å². The van der Waals surface area contributed by atoms with Gasteiger partial charge in [-0.25, -0.2) is 0 Å². The smallest absolute Gasteiger partial charge is 0.0858 e. The van der Waals surface area contributed by atoms with Crippen molar-refractivity contribution < 1.29 is 0 Å². The summed E-state index contributed by atoms with van der Waals surface area (Å²) in [6.07, 6.45) is 1.88. The van der Waals surface area contributed by atoms with Crippen LogP contribution in [-0.2, 0) is 0 Å². The zero-order valence-corrected chi connectivity index (χ0v) is 14.5. The second-order valence-electron chi connectivity index (χ2n) is 6.13. The minimum Gasteiger partial charge on any atom is -0.256 e. The molecule has 3 nitrogen and oxygen atoms in total. The quantitative estimate of drug-likeness (QED) is 0.358. The van der Waals surface area contributed by atoms with E-state index in [1.807, 2.05) is 60.8 Å². The van der Waals surface area contributed by atoms with Crippen LogP contribution >= 0.6 is 0 Å². The Hall–Kier alpha value is -3.07. The standard InChI is InChI=1S/C22H21N3/c1-17(2)19-10-8-18(9-11-19)16-23-20-12-14-22(15-13-20)25-24-21-6-4-3-5-7-21/h3-17H,1-2H3. The van der Waals surface area contributed by atoms with Gasteiger partial charge in [-0.15, -0.1) is 0 Å². The van der Waals surface area contributed by atoms with E-state index in [9.17, 15) is 0 Å². The minimum absolute atomic E-state index is 0.545. The van der Waals surface area contributed by atoms with Crippen LogP contribution in [0.3, 0.4) is 0 Å². The molecule has 0 heterocycles. The molecule has 0 aromatic heterocycles. The Morgan fingerprint density at radius 3 is 1.80 bits per heavy atom. The number of hydrogen-bond donors (Lipinski definition) is 0. The summed E-state index contributed by atoms with van der Waals surface area (Å²) in [6.45, 7) is 4.39. The van der Waals surface area contributed by atoms with Crippen molar-refractivity contribution in [1.29, 1.82) is 0 Å². The maximum absolute atomic E-state index is 4.51. The molecule has 0 N–H and O–H groups in total. The van der Waals surface area contributed by atoms with Gasteiger partial charge in [0.2, 0.25) is 0 Å². The first-order valence-corrected chi connectivity index (χ1v) is 8.41. The highest BCUT2D eigenvalue weighted by Gasteiger charge is 1.97. The van der Waals surface area contributed by atoms with Gasteiger partial charge < -0.3 is 0 Å². The van der Waals surface area contributed by atoms with Crippen LogP contribution in [0.15, 0.2) is 94.1 Å². The molecule has 0 saturated heterocycles. The van der Waals surface area contributed by atoms with E-state index in [0.717, 1.165) is 22.6 Å². The molecule has 25 heavy (non-hydrogen) atoms. The summed E-state index contributed by atoms with van der Waals surface area (Å²) in [5, 5.41) is 8.44. The summed E-state index contributed by atoms with van der Waals surface area (Å²) in [6, 6.07) is 25.9. The van der Waals surface area contributed by atoms with Gasteiger partial charge in [0.05, 0.1) is 17.1 Å². The Morgan fingerprint density at radius 2 is 1.20 bits per heavy atom. The highest BCUT2D eigenvalue weighted by atomic mass is 15.1. The van der Waals surface area contributed by atoms with Gasteiger partial charge in [-0.1, -0.05) is 56.3 Å². The molecule has 3 aromatic rings. The van der Waals surface area contributed by atoms with Crippen LogP contribution in [0.2, 0.25) is 0 Å². The lowest BCUT2D eigenvalue weighted by Crippen LogP contribution is -1.87. The Bertz CT molecular complexity index is 846. The molecule has 124 valence electrons. The lowest BCUT2D eigenvalue weighted by Gasteiger charge is -2.04. The summed E-state index contributed by atoms with van der Waals surface area (Å²) in [7, 11) is 0. The van der Waals surface area contributed by atoms with Gasteiger partial charge in [0.1, 0.15) is 0 Å². The van der Waals surface area contributed by atoms with E-state index in [2.05, 4.69) is 53.3 Å². The van der Waals surface area contributed by atoms with Gasteiger partial charge in [0, 0.05) is 6.21 Å². The lowest BCUT2D eigenvalue weighted by atomic mass is 10.0. The fraction of sp³-hybridized carbons (Fsp3) is 0.136. The summed E-state index contributed by atoms with van der Waals surface area (Å²) >= 11 is 0. The van der Waals surface area contributed by atoms with E-state index < -0.39 is 0 Å². The maximum atomic E-state index is 4.51. The number of aliphatic imine (C=N–C) groups is 1. The molecule has 0 fully saturated rings. The summed E-state index contributed by atoms with van der Waals surface area (Å²) < 4.78 is 0. The second-order valence-corrected chi connectivity index (χ2v) is 6.13. The van der Waals surface area contributed by atoms with Gasteiger partial charge >= 0.3 is 0 Å². The third-order valence-corrected chi connectivity index (χ3v) is 3.85. The number of nitrogens with zero attached hydrogens (tertiary/aromatic N) is 3. The van der Waals surface area contributed by atoms with Crippen LogP contribution in [0, 0.1) is 0 Å². The molecule has 3 rings (SSSR count). The molecule has 0 amide bonds. The van der Waals surface area contributed by atoms with Crippen LogP contribution in [0.4, 0.5) is 17.1 Å². The third-order valence-electron chi connectivity index (χ3n) is 3.85. The van der Waals surface area contributed by atoms with E-state index in [1.165, 1.54) is 5.56 Å². The van der Waals surface area contributed by atoms with Crippen molar-refractivity contribution in [2.45, 2.75) is 19.8 Å². The predicted molar refractivity (Wildman–Crippen MR) is 105 cm³/mol. The fourth-order valence-electron chi connectivity index (χ4n) is 2.33. The van der Waals surface area contributed by atoms with E-state index in [4.69, 9.17) is 0 Å². The molecule has 0 aliphatic rings. The molecular formula is C22H21N3. The van der Waals surface area contributed by atoms with Crippen LogP contribution in [0.5, 0.6) is 0 Å². The van der Waals surface area contributed by atoms with Crippen LogP contribution in [0.25, 0.3) is 0 Å². The van der Waals surface area contributed by atoms with Crippen molar-refractivity contribution >= 4 is 23.3 Å². The molecule has 3 aromatic carbocycles. The third kappa shape index (κ3) is 4.95. The van der Waals surface area contributed by atoms with E-state index in [0.29, 0.717) is 5.92 Å². The van der Waals surface area contributed by atoms with Gasteiger partial charge in [-0.05, 0) is 53.4 Å². The molecule has 0 aliphatic carbocycles. The van der Waals surface area contributed by atoms with Crippen molar-refractivity contribution in [2.24, 2.45) is 15.2 Å². The first kappa shape index (κ1) is 16.8. The Labute approximate surface area is 148 Å². The van der Waals surface area contributed by atoms with E-state index in [-0.39, 0.29) is 0 Å². The van der Waals surface area contributed by atoms with Crippen LogP contribution < -0.4 is 0 Å². The van der Waals surface area contributed by atoms with Crippen molar-refractivity contribution in [3.05, 3.63) is 90.0 Å². The highest BCUT2D eigenvalue weighted by molar-refractivity contribution is 5.82. The molecule has 0 saturated carbocycles. The fourth-order valence-corrected chi connectivity index (χ4v) is 2.33. The Balaban J connectivity index is 1.65. The number of benzene rings is 3. The van der Waals surface area contributed by atoms with Gasteiger partial charge in [-0.3, -0.25) is 4.99 Å². The summed E-state index contributed by atoms with van der Waals surface area (Å²) in [4.78, 5) is 4.51. The first-order valence-electron chi connectivity index (χ1n) is 8.41. The lowest BCUT2D eigenvalue weighted by molar-refractivity contribution is 0.866. The number of hydrogen-bond acceptors (Lipinski definition) is 3. The Morgan fingerprint density at radius 1 is 0.640 bits per heavy atom.